The topological polar surface area (TPSA) is 120 Å². The largest absolute Gasteiger partial charge is 0.386 e. The number of rotatable bonds is 4. The number of aromatic nitrogens is 3. The summed E-state index contributed by atoms with van der Waals surface area (Å²) in [4.78, 5) is 12.5. The highest BCUT2D eigenvalue weighted by Gasteiger charge is 2.50. The maximum Gasteiger partial charge on any atom is 0.181 e. The first-order valence-corrected chi connectivity index (χ1v) is 11.9. The number of nitrogens with zero attached hydrogens (tertiary/aromatic N) is 5. The molecule has 0 amide bonds. The molecular weight excluding hydrogens is 474 g/mol. The third-order valence-electron chi connectivity index (χ3n) is 5.81. The second-order valence-electron chi connectivity index (χ2n) is 8.14. The Morgan fingerprint density at radius 2 is 1.97 bits per heavy atom. The lowest BCUT2D eigenvalue weighted by molar-refractivity contribution is 0.326. The molecule has 33 heavy (non-hydrogen) atoms. The zero-order chi connectivity index (χ0) is 24.0. The highest BCUT2D eigenvalue weighted by molar-refractivity contribution is 7.95. The van der Waals surface area contributed by atoms with Gasteiger partial charge in [-0.1, -0.05) is 16.8 Å². The van der Waals surface area contributed by atoms with Crippen molar-refractivity contribution in [3.05, 3.63) is 53.1 Å². The Morgan fingerprint density at radius 1 is 1.27 bits per heavy atom. The molecule has 0 bridgehead atoms. The third-order valence-corrected chi connectivity index (χ3v) is 9.27. The van der Waals surface area contributed by atoms with Crippen LogP contribution in [0.1, 0.15) is 19.4 Å². The minimum Gasteiger partial charge on any atom is -0.386 e. The fourth-order valence-corrected chi connectivity index (χ4v) is 5.99. The SMILES string of the molecule is CN=S1(=O)C[C@@](CF)(c2cc(-c3cc(-c4ncc(Cl)cn4)no3)ccc2F)N=C(N)C1(C)C. The third kappa shape index (κ3) is 3.78. The van der Waals surface area contributed by atoms with Crippen molar-refractivity contribution in [3.8, 4) is 22.8 Å². The molecule has 4 rings (SSSR count). The van der Waals surface area contributed by atoms with Crippen LogP contribution >= 0.6 is 11.6 Å². The highest BCUT2D eigenvalue weighted by atomic mass is 35.5. The van der Waals surface area contributed by atoms with Crippen LogP contribution in [0, 0.1) is 5.82 Å². The van der Waals surface area contributed by atoms with Gasteiger partial charge in [0.05, 0.1) is 20.5 Å². The normalized spacial score (nSPS) is 24.4. The van der Waals surface area contributed by atoms with E-state index in [4.69, 9.17) is 21.9 Å². The van der Waals surface area contributed by atoms with Crippen molar-refractivity contribution in [2.24, 2.45) is 15.1 Å². The predicted molar refractivity (Wildman–Crippen MR) is 123 cm³/mol. The van der Waals surface area contributed by atoms with Crippen molar-refractivity contribution in [1.29, 1.82) is 0 Å². The molecule has 2 aromatic heterocycles. The molecule has 1 unspecified atom stereocenters. The van der Waals surface area contributed by atoms with Gasteiger partial charge in [-0.25, -0.2) is 27.3 Å². The zero-order valence-corrected chi connectivity index (χ0v) is 19.6. The number of benzene rings is 1. The standard InChI is InChI=1S/C21H21ClF2N6O2S/c1-20(2)19(25)29-21(10-23,11-33(20,31)26-3)14-6-12(4-5-15(14)24)17-7-16(30-32-17)18-27-8-13(22)9-28-18/h4-9H,10-11H2,1-3H3,(H2,25,29)/t21-,33?/m0/s1. The maximum atomic E-state index is 15.0. The molecule has 12 heteroatoms. The van der Waals surface area contributed by atoms with Crippen molar-refractivity contribution in [3.63, 3.8) is 0 Å². The van der Waals surface area contributed by atoms with Crippen molar-refractivity contribution in [2.75, 3.05) is 19.5 Å². The van der Waals surface area contributed by atoms with E-state index in [-0.39, 0.29) is 28.7 Å². The lowest BCUT2D eigenvalue weighted by atomic mass is 9.90. The monoisotopic (exact) mass is 494 g/mol. The Labute approximate surface area is 194 Å². The minimum absolute atomic E-state index is 0.0476. The van der Waals surface area contributed by atoms with Crippen molar-refractivity contribution >= 4 is 27.2 Å². The van der Waals surface area contributed by atoms with E-state index in [2.05, 4.69) is 24.5 Å². The number of nitrogens with two attached hydrogens (primary N) is 1. The Bertz CT molecular complexity index is 1370. The Kier molecular flexibility index (Phi) is 5.73. The number of aliphatic imine (C=N–C) groups is 1. The molecule has 0 fully saturated rings. The van der Waals surface area contributed by atoms with E-state index in [1.807, 2.05) is 0 Å². The molecule has 3 aromatic rings. The van der Waals surface area contributed by atoms with Gasteiger partial charge in [0.2, 0.25) is 0 Å². The van der Waals surface area contributed by atoms with E-state index in [0.717, 1.165) is 0 Å². The summed E-state index contributed by atoms with van der Waals surface area (Å²) in [6.07, 6.45) is 2.84. The van der Waals surface area contributed by atoms with Crippen molar-refractivity contribution in [2.45, 2.75) is 24.1 Å². The summed E-state index contributed by atoms with van der Waals surface area (Å²) in [6, 6.07) is 5.58. The van der Waals surface area contributed by atoms with Crippen LogP contribution in [0.5, 0.6) is 0 Å². The van der Waals surface area contributed by atoms with Crippen LogP contribution < -0.4 is 5.73 Å². The van der Waals surface area contributed by atoms with Gasteiger partial charge < -0.3 is 10.3 Å². The van der Waals surface area contributed by atoms with Crippen LogP contribution in [-0.4, -0.2) is 49.4 Å². The van der Waals surface area contributed by atoms with Crippen LogP contribution in [0.15, 0.2) is 50.5 Å². The number of hydrogen-bond acceptors (Lipinski definition) is 8. The van der Waals surface area contributed by atoms with Gasteiger partial charge in [0.25, 0.3) is 0 Å². The lowest BCUT2D eigenvalue weighted by Crippen LogP contribution is -2.56. The highest BCUT2D eigenvalue weighted by Crippen LogP contribution is 2.41. The van der Waals surface area contributed by atoms with Crippen LogP contribution in [0.25, 0.3) is 22.8 Å². The van der Waals surface area contributed by atoms with Gasteiger partial charge in [-0.3, -0.25) is 4.99 Å². The van der Waals surface area contributed by atoms with Crippen LogP contribution in [0.4, 0.5) is 8.78 Å². The summed E-state index contributed by atoms with van der Waals surface area (Å²) < 4.78 is 51.4. The lowest BCUT2D eigenvalue weighted by Gasteiger charge is -2.41. The number of halogens is 3. The second-order valence-corrected chi connectivity index (χ2v) is 11.5. The van der Waals surface area contributed by atoms with E-state index >= 15 is 4.39 Å². The van der Waals surface area contributed by atoms with Gasteiger partial charge in [-0.2, -0.15) is 0 Å². The molecule has 2 N–H and O–H groups in total. The quantitative estimate of drug-likeness (QED) is 0.585. The van der Waals surface area contributed by atoms with E-state index in [1.54, 1.807) is 19.9 Å². The summed E-state index contributed by atoms with van der Waals surface area (Å²) in [7, 11) is -1.67. The molecule has 0 saturated carbocycles. The molecule has 174 valence electrons. The van der Waals surface area contributed by atoms with E-state index in [9.17, 15) is 8.60 Å². The van der Waals surface area contributed by atoms with Crippen LogP contribution in [-0.2, 0) is 15.3 Å². The average Bonchev–Trinajstić information content (AvgIpc) is 3.28. The molecule has 0 saturated heterocycles. The van der Waals surface area contributed by atoms with E-state index < -0.39 is 32.5 Å². The van der Waals surface area contributed by atoms with Gasteiger partial charge >= 0.3 is 0 Å². The molecule has 0 aliphatic carbocycles. The van der Waals surface area contributed by atoms with Crippen LogP contribution in [0.2, 0.25) is 5.02 Å². The number of alkyl halides is 1. The first-order valence-electron chi connectivity index (χ1n) is 9.84. The molecule has 1 aliphatic heterocycles. The smallest absolute Gasteiger partial charge is 0.181 e. The van der Waals surface area contributed by atoms with Crippen LogP contribution in [0.3, 0.4) is 0 Å². The Hall–Kier alpha value is -2.92. The molecule has 8 nitrogen and oxygen atoms in total. The second kappa shape index (κ2) is 8.14. The maximum absolute atomic E-state index is 15.0. The van der Waals surface area contributed by atoms with Gasteiger partial charge in [-0.15, -0.1) is 0 Å². The molecule has 3 heterocycles. The minimum atomic E-state index is -3.05. The summed E-state index contributed by atoms with van der Waals surface area (Å²) >= 11 is 5.81. The summed E-state index contributed by atoms with van der Waals surface area (Å²) in [6.45, 7) is 2.15. The van der Waals surface area contributed by atoms with E-state index in [0.29, 0.717) is 16.3 Å². The Balaban J connectivity index is 1.82. The zero-order valence-electron chi connectivity index (χ0n) is 18.1. The van der Waals surface area contributed by atoms with Crippen molar-refractivity contribution < 1.29 is 17.5 Å². The predicted octanol–water partition coefficient (Wildman–Crippen LogP) is 4.00. The molecule has 0 radical (unpaired) electrons. The number of amidine groups is 1. The van der Waals surface area contributed by atoms with Gasteiger partial charge in [0.1, 0.15) is 28.6 Å². The average molecular weight is 495 g/mol. The van der Waals surface area contributed by atoms with Gasteiger partial charge in [0, 0.05) is 36.6 Å². The molecule has 0 spiro atoms. The fraction of sp³-hybridized carbons (Fsp3) is 0.333. The van der Waals surface area contributed by atoms with Gasteiger partial charge in [-0.05, 0) is 32.0 Å². The fourth-order valence-electron chi connectivity index (χ4n) is 3.63. The summed E-state index contributed by atoms with van der Waals surface area (Å²) in [5.41, 5.74) is 4.95. The number of hydrogen-bond donors (Lipinski definition) is 1. The molecule has 1 aliphatic rings. The first kappa shape index (κ1) is 23.2. The van der Waals surface area contributed by atoms with Crippen molar-refractivity contribution in [1.82, 2.24) is 15.1 Å². The van der Waals surface area contributed by atoms with Gasteiger partial charge in [0.15, 0.2) is 17.3 Å². The Morgan fingerprint density at radius 3 is 2.61 bits per heavy atom. The molecule has 1 aromatic carbocycles. The summed E-state index contributed by atoms with van der Waals surface area (Å²) in [5, 5.41) is 4.31. The van der Waals surface area contributed by atoms with E-state index in [1.165, 1.54) is 37.6 Å². The summed E-state index contributed by atoms with van der Waals surface area (Å²) in [5.74, 6) is -0.526. The molecule has 2 atom stereocenters. The first-order chi connectivity index (χ1) is 15.5. The molecular formula is C21H21ClF2N6O2S.